The molecule has 0 fully saturated rings. The van der Waals surface area contributed by atoms with Crippen LogP contribution in [-0.2, 0) is 5.54 Å². The van der Waals surface area contributed by atoms with Crippen molar-refractivity contribution in [3.05, 3.63) is 88.2 Å². The Morgan fingerprint density at radius 1 is 0.700 bits per heavy atom. The lowest BCUT2D eigenvalue weighted by molar-refractivity contribution is 0.401. The topological polar surface area (TPSA) is 37.3 Å². The zero-order valence-corrected chi connectivity index (χ0v) is 27.2. The molecule has 0 saturated heterocycles. The Bertz CT molecular complexity index is 1260. The number of aliphatic imine (C=N–C) groups is 1. The average molecular weight is 540 g/mol. The van der Waals surface area contributed by atoms with E-state index in [9.17, 15) is 0 Å². The maximum Gasteiger partial charge on any atom is 0.0846 e. The Morgan fingerprint density at radius 3 is 1.60 bits per heavy atom. The Morgan fingerprint density at radius 2 is 1.15 bits per heavy atom. The summed E-state index contributed by atoms with van der Waals surface area (Å²) in [6.07, 6.45) is 0.970. The lowest BCUT2D eigenvalue weighted by atomic mass is 9.84. The van der Waals surface area contributed by atoms with Crippen molar-refractivity contribution >= 4 is 17.1 Å². The van der Waals surface area contributed by atoms with Crippen LogP contribution in [0.1, 0.15) is 147 Å². The minimum absolute atomic E-state index is 0.335. The Labute approximate surface area is 245 Å². The third kappa shape index (κ3) is 7.22. The highest BCUT2D eigenvalue weighted by Crippen LogP contribution is 2.39. The predicted molar refractivity (Wildman–Crippen MR) is 176 cm³/mol. The molecule has 3 heteroatoms. The summed E-state index contributed by atoms with van der Waals surface area (Å²) in [6.45, 7) is 27.1. The van der Waals surface area contributed by atoms with Crippen LogP contribution >= 0.6 is 0 Å². The van der Waals surface area contributed by atoms with Crippen molar-refractivity contribution in [3.8, 4) is 0 Å². The number of rotatable bonds is 11. The van der Waals surface area contributed by atoms with Gasteiger partial charge in [0.05, 0.1) is 28.3 Å². The minimum atomic E-state index is -0.335. The lowest BCUT2D eigenvalue weighted by Crippen LogP contribution is -2.36. The molecular formula is C37H53N3. The summed E-state index contributed by atoms with van der Waals surface area (Å²) < 4.78 is 0. The zero-order valence-electron chi connectivity index (χ0n) is 27.2. The van der Waals surface area contributed by atoms with Crippen LogP contribution in [-0.4, -0.2) is 10.7 Å². The van der Waals surface area contributed by atoms with Gasteiger partial charge in [-0.05, 0) is 84.2 Å². The molecule has 3 nitrogen and oxygen atoms in total. The van der Waals surface area contributed by atoms with Gasteiger partial charge in [0.1, 0.15) is 0 Å². The summed E-state index contributed by atoms with van der Waals surface area (Å²) in [7, 11) is 0. The van der Waals surface area contributed by atoms with E-state index in [1.807, 2.05) is 0 Å². The molecule has 0 aliphatic heterocycles. The van der Waals surface area contributed by atoms with Gasteiger partial charge in [0.15, 0.2) is 0 Å². The van der Waals surface area contributed by atoms with Crippen LogP contribution in [0.2, 0.25) is 0 Å². The molecule has 0 radical (unpaired) electrons. The van der Waals surface area contributed by atoms with E-state index >= 15 is 0 Å². The fourth-order valence-corrected chi connectivity index (χ4v) is 5.82. The van der Waals surface area contributed by atoms with Crippen LogP contribution < -0.4 is 5.32 Å². The Balaban J connectivity index is 2.15. The van der Waals surface area contributed by atoms with Gasteiger partial charge in [0.2, 0.25) is 0 Å². The molecule has 1 heterocycles. The number of hydrogen-bond acceptors (Lipinski definition) is 3. The highest BCUT2D eigenvalue weighted by atomic mass is 15.0. The molecule has 0 spiro atoms. The fourth-order valence-electron chi connectivity index (χ4n) is 5.82. The molecule has 1 atom stereocenters. The third-order valence-corrected chi connectivity index (χ3v) is 7.90. The van der Waals surface area contributed by atoms with Crippen LogP contribution in [0.5, 0.6) is 0 Å². The van der Waals surface area contributed by atoms with E-state index in [0.29, 0.717) is 29.6 Å². The van der Waals surface area contributed by atoms with Gasteiger partial charge >= 0.3 is 0 Å². The van der Waals surface area contributed by atoms with Crippen LogP contribution in [0, 0.1) is 5.92 Å². The van der Waals surface area contributed by atoms with E-state index < -0.39 is 0 Å². The number of pyridine rings is 1. The van der Waals surface area contributed by atoms with Gasteiger partial charge in [-0.15, -0.1) is 0 Å². The second-order valence-corrected chi connectivity index (χ2v) is 13.4. The van der Waals surface area contributed by atoms with Crippen molar-refractivity contribution in [1.29, 1.82) is 0 Å². The summed E-state index contributed by atoms with van der Waals surface area (Å²) >= 11 is 0. The smallest absolute Gasteiger partial charge is 0.0846 e. The fraction of sp³-hybridized carbons (Fsp3) is 0.514. The van der Waals surface area contributed by atoms with Crippen LogP contribution in [0.3, 0.4) is 0 Å². The van der Waals surface area contributed by atoms with E-state index in [4.69, 9.17) is 9.98 Å². The first kappa shape index (κ1) is 31.6. The quantitative estimate of drug-likeness (QED) is 0.246. The molecule has 0 aliphatic rings. The number of aromatic nitrogens is 1. The van der Waals surface area contributed by atoms with Crippen LogP contribution in [0.25, 0.3) is 0 Å². The molecule has 0 bridgehead atoms. The van der Waals surface area contributed by atoms with E-state index in [1.165, 1.54) is 27.9 Å². The second-order valence-electron chi connectivity index (χ2n) is 13.4. The highest BCUT2D eigenvalue weighted by molar-refractivity contribution is 5.99. The average Bonchev–Trinajstić information content (AvgIpc) is 2.87. The van der Waals surface area contributed by atoms with Gasteiger partial charge in [-0.3, -0.25) is 4.99 Å². The summed E-state index contributed by atoms with van der Waals surface area (Å²) in [5.74, 6) is 2.15. The number of nitrogens with zero attached hydrogens (tertiary/aromatic N) is 2. The number of benzene rings is 2. The number of anilines is 1. The molecule has 2 aromatic carbocycles. The molecular weight excluding hydrogens is 486 g/mol. The maximum atomic E-state index is 5.29. The minimum Gasteiger partial charge on any atom is -0.374 e. The Hall–Kier alpha value is -2.94. The van der Waals surface area contributed by atoms with Crippen molar-refractivity contribution in [1.82, 2.24) is 4.98 Å². The molecule has 1 aromatic heterocycles. The standard InChI is InChI=1S/C37H53N3/c1-23(2)22-37(12,40-36-31(26(7)8)18-14-19-32(36)27(9)10)34-21-15-20-33(39-34)28(11)38-35-29(24(3)4)16-13-17-30(35)25(5)6/h13-21,23-27,40H,22H2,1-12H3. The largest absolute Gasteiger partial charge is 0.374 e. The molecule has 1 N–H and O–H groups in total. The van der Waals surface area contributed by atoms with E-state index in [0.717, 1.165) is 29.2 Å². The molecule has 40 heavy (non-hydrogen) atoms. The number of nitrogens with one attached hydrogen (secondary N) is 1. The molecule has 0 saturated carbocycles. The van der Waals surface area contributed by atoms with E-state index in [-0.39, 0.29) is 5.54 Å². The van der Waals surface area contributed by atoms with Gasteiger partial charge in [-0.2, -0.15) is 0 Å². The van der Waals surface area contributed by atoms with Crippen molar-refractivity contribution in [3.63, 3.8) is 0 Å². The predicted octanol–water partition coefficient (Wildman–Crippen LogP) is 11.1. The number of para-hydroxylation sites is 2. The van der Waals surface area contributed by atoms with Crippen molar-refractivity contribution < 1.29 is 0 Å². The summed E-state index contributed by atoms with van der Waals surface area (Å²) in [5.41, 5.74) is 10.3. The van der Waals surface area contributed by atoms with Gasteiger partial charge in [0.25, 0.3) is 0 Å². The summed E-state index contributed by atoms with van der Waals surface area (Å²) in [6, 6.07) is 19.8. The Kier molecular flexibility index (Phi) is 10.4. The van der Waals surface area contributed by atoms with Gasteiger partial charge < -0.3 is 5.32 Å². The summed E-state index contributed by atoms with van der Waals surface area (Å²) in [5, 5.41) is 4.06. The molecule has 216 valence electrons. The SMILES string of the molecule is CC(=Nc1c(C(C)C)cccc1C(C)C)c1cccc(C(C)(CC(C)C)Nc2c(C(C)C)cccc2C(C)C)n1. The van der Waals surface area contributed by atoms with Gasteiger partial charge in [-0.25, -0.2) is 4.98 Å². The molecule has 1 unspecified atom stereocenters. The van der Waals surface area contributed by atoms with Crippen molar-refractivity contribution in [2.24, 2.45) is 10.9 Å². The first-order valence-corrected chi connectivity index (χ1v) is 15.3. The molecule has 0 amide bonds. The molecule has 3 aromatic rings. The lowest BCUT2D eigenvalue weighted by Gasteiger charge is -2.36. The maximum absolute atomic E-state index is 5.29. The zero-order chi connectivity index (χ0) is 29.8. The molecule has 3 rings (SSSR count). The third-order valence-electron chi connectivity index (χ3n) is 7.90. The van der Waals surface area contributed by atoms with Gasteiger partial charge in [-0.1, -0.05) is 112 Å². The van der Waals surface area contributed by atoms with Crippen molar-refractivity contribution in [2.75, 3.05) is 5.32 Å². The monoisotopic (exact) mass is 539 g/mol. The van der Waals surface area contributed by atoms with Gasteiger partial charge in [0, 0.05) is 5.69 Å². The number of hydrogen-bond donors (Lipinski definition) is 1. The normalized spacial score (nSPS) is 14.1. The molecule has 0 aliphatic carbocycles. The first-order chi connectivity index (χ1) is 18.7. The van der Waals surface area contributed by atoms with E-state index in [2.05, 4.69) is 143 Å². The van der Waals surface area contributed by atoms with E-state index in [1.54, 1.807) is 0 Å². The first-order valence-electron chi connectivity index (χ1n) is 15.3. The van der Waals surface area contributed by atoms with Crippen LogP contribution in [0.4, 0.5) is 11.4 Å². The second kappa shape index (κ2) is 13.1. The summed E-state index contributed by atoms with van der Waals surface area (Å²) in [4.78, 5) is 10.5. The van der Waals surface area contributed by atoms with Crippen molar-refractivity contribution in [2.45, 2.75) is 119 Å². The van der Waals surface area contributed by atoms with Crippen LogP contribution in [0.15, 0.2) is 59.6 Å². The highest BCUT2D eigenvalue weighted by Gasteiger charge is 2.32.